The third-order valence-corrected chi connectivity index (χ3v) is 3.50. The van der Waals surface area contributed by atoms with Gasteiger partial charge in [0.05, 0.1) is 5.92 Å². The van der Waals surface area contributed by atoms with E-state index in [2.05, 4.69) is 5.32 Å². The maximum absolute atomic E-state index is 11.8. The van der Waals surface area contributed by atoms with Gasteiger partial charge in [0, 0.05) is 13.1 Å². The summed E-state index contributed by atoms with van der Waals surface area (Å²) >= 11 is 0. The van der Waals surface area contributed by atoms with E-state index in [1.165, 1.54) is 11.8 Å². The molecule has 1 fully saturated rings. The Bertz CT molecular complexity index is 555. The molecule has 1 aliphatic rings. The van der Waals surface area contributed by atoms with Crippen LogP contribution in [0.1, 0.15) is 12.5 Å². The Kier molecular flexibility index (Phi) is 4.98. The number of nitrogens with one attached hydrogen (secondary N) is 1. The SMILES string of the molecule is C[C@H](NC(=O)C1CN(C(=O)OCc2ccccc2)C1)C(N)=O. The Morgan fingerprint density at radius 2 is 1.95 bits per heavy atom. The highest BCUT2D eigenvalue weighted by Gasteiger charge is 2.37. The normalized spacial score (nSPS) is 15.6. The van der Waals surface area contributed by atoms with Crippen molar-refractivity contribution in [3.63, 3.8) is 0 Å². The molecule has 7 heteroatoms. The maximum Gasteiger partial charge on any atom is 0.410 e. The number of ether oxygens (including phenoxy) is 1. The molecule has 22 heavy (non-hydrogen) atoms. The van der Waals surface area contributed by atoms with Crippen molar-refractivity contribution in [1.82, 2.24) is 10.2 Å². The number of primary amides is 1. The van der Waals surface area contributed by atoms with Gasteiger partial charge in [0.25, 0.3) is 0 Å². The van der Waals surface area contributed by atoms with Gasteiger partial charge >= 0.3 is 6.09 Å². The second-order valence-electron chi connectivity index (χ2n) is 5.27. The first kappa shape index (κ1) is 15.8. The summed E-state index contributed by atoms with van der Waals surface area (Å²) in [6.07, 6.45) is -0.448. The van der Waals surface area contributed by atoms with Gasteiger partial charge < -0.3 is 20.7 Å². The van der Waals surface area contributed by atoms with Crippen LogP contribution in [0.5, 0.6) is 0 Å². The Labute approximate surface area is 128 Å². The van der Waals surface area contributed by atoms with Crippen molar-refractivity contribution in [3.05, 3.63) is 35.9 Å². The van der Waals surface area contributed by atoms with E-state index in [0.29, 0.717) is 0 Å². The van der Waals surface area contributed by atoms with Gasteiger partial charge in [-0.3, -0.25) is 9.59 Å². The lowest BCUT2D eigenvalue weighted by atomic mass is 9.99. The second kappa shape index (κ2) is 6.93. The Morgan fingerprint density at radius 1 is 1.32 bits per heavy atom. The van der Waals surface area contributed by atoms with Crippen LogP contribution in [0.2, 0.25) is 0 Å². The molecule has 0 bridgehead atoms. The summed E-state index contributed by atoms with van der Waals surface area (Å²) in [5, 5.41) is 2.51. The van der Waals surface area contributed by atoms with E-state index < -0.39 is 18.0 Å². The number of likely N-dealkylation sites (tertiary alicyclic amines) is 1. The average Bonchev–Trinajstić information content (AvgIpc) is 2.44. The first-order valence-corrected chi connectivity index (χ1v) is 7.02. The predicted molar refractivity (Wildman–Crippen MR) is 78.5 cm³/mol. The summed E-state index contributed by atoms with van der Waals surface area (Å²) in [5.74, 6) is -1.20. The highest BCUT2D eigenvalue weighted by molar-refractivity contribution is 5.88. The molecule has 0 spiro atoms. The topological polar surface area (TPSA) is 102 Å². The molecule has 7 nitrogen and oxygen atoms in total. The molecule has 0 aliphatic carbocycles. The fourth-order valence-electron chi connectivity index (χ4n) is 2.01. The van der Waals surface area contributed by atoms with Crippen LogP contribution < -0.4 is 11.1 Å². The van der Waals surface area contributed by atoms with Crippen LogP contribution in [0.4, 0.5) is 4.79 Å². The molecular formula is C15H19N3O4. The molecule has 118 valence electrons. The number of amides is 3. The molecule has 1 atom stereocenters. The number of nitrogens with two attached hydrogens (primary N) is 1. The van der Waals surface area contributed by atoms with Crippen molar-refractivity contribution in [1.29, 1.82) is 0 Å². The zero-order valence-corrected chi connectivity index (χ0v) is 12.3. The smallest absolute Gasteiger partial charge is 0.410 e. The lowest BCUT2D eigenvalue weighted by Crippen LogP contribution is -2.57. The van der Waals surface area contributed by atoms with Crippen molar-refractivity contribution >= 4 is 17.9 Å². The van der Waals surface area contributed by atoms with Gasteiger partial charge in [0.15, 0.2) is 0 Å². The summed E-state index contributed by atoms with van der Waals surface area (Å²) in [6.45, 7) is 2.28. The monoisotopic (exact) mass is 305 g/mol. The number of nitrogens with zero attached hydrogens (tertiary/aromatic N) is 1. The van der Waals surface area contributed by atoms with E-state index in [0.717, 1.165) is 5.56 Å². The molecule has 0 unspecified atom stereocenters. The molecule has 1 heterocycles. The van der Waals surface area contributed by atoms with Crippen molar-refractivity contribution in [3.8, 4) is 0 Å². The zero-order valence-electron chi connectivity index (χ0n) is 12.3. The highest BCUT2D eigenvalue weighted by Crippen LogP contribution is 2.17. The van der Waals surface area contributed by atoms with Crippen LogP contribution in [0.25, 0.3) is 0 Å². The fourth-order valence-corrected chi connectivity index (χ4v) is 2.01. The summed E-state index contributed by atoms with van der Waals surface area (Å²) < 4.78 is 5.16. The lowest BCUT2D eigenvalue weighted by Gasteiger charge is -2.37. The Morgan fingerprint density at radius 3 is 2.55 bits per heavy atom. The van der Waals surface area contributed by atoms with Crippen molar-refractivity contribution in [2.24, 2.45) is 11.7 Å². The van der Waals surface area contributed by atoms with Crippen molar-refractivity contribution < 1.29 is 19.1 Å². The van der Waals surface area contributed by atoms with E-state index in [9.17, 15) is 14.4 Å². The van der Waals surface area contributed by atoms with Gasteiger partial charge in [-0.05, 0) is 12.5 Å². The number of carbonyl (C=O) groups is 3. The molecule has 2 rings (SSSR count). The minimum absolute atomic E-state index is 0.200. The lowest BCUT2D eigenvalue weighted by molar-refractivity contribution is -0.133. The quantitative estimate of drug-likeness (QED) is 0.813. The van der Waals surface area contributed by atoms with Crippen LogP contribution in [-0.4, -0.2) is 41.9 Å². The van der Waals surface area contributed by atoms with Crippen LogP contribution in [0.3, 0.4) is 0 Å². The van der Waals surface area contributed by atoms with E-state index in [1.807, 2.05) is 30.3 Å². The third kappa shape index (κ3) is 3.97. The largest absolute Gasteiger partial charge is 0.445 e. The van der Waals surface area contributed by atoms with Crippen LogP contribution in [0.15, 0.2) is 30.3 Å². The maximum atomic E-state index is 11.8. The number of rotatable bonds is 5. The summed E-state index contributed by atoms with van der Waals surface area (Å²) in [5.41, 5.74) is 5.98. The second-order valence-corrected chi connectivity index (χ2v) is 5.27. The Balaban J connectivity index is 1.71. The summed E-state index contributed by atoms with van der Waals surface area (Å²) in [4.78, 5) is 35.9. The van der Waals surface area contributed by atoms with Crippen LogP contribution >= 0.6 is 0 Å². The minimum Gasteiger partial charge on any atom is -0.445 e. The number of benzene rings is 1. The van der Waals surface area contributed by atoms with E-state index in [-0.39, 0.29) is 31.5 Å². The van der Waals surface area contributed by atoms with Crippen molar-refractivity contribution in [2.45, 2.75) is 19.6 Å². The summed E-state index contributed by atoms with van der Waals surface area (Å²) in [7, 11) is 0. The minimum atomic E-state index is -0.716. The molecule has 1 aromatic carbocycles. The highest BCUT2D eigenvalue weighted by atomic mass is 16.6. The molecule has 1 aromatic rings. The van der Waals surface area contributed by atoms with Gasteiger partial charge in [0.2, 0.25) is 11.8 Å². The van der Waals surface area contributed by atoms with Crippen molar-refractivity contribution in [2.75, 3.05) is 13.1 Å². The number of hydrogen-bond acceptors (Lipinski definition) is 4. The Hall–Kier alpha value is -2.57. The molecule has 1 saturated heterocycles. The molecule has 3 amide bonds. The first-order valence-electron chi connectivity index (χ1n) is 7.02. The number of hydrogen-bond donors (Lipinski definition) is 2. The molecule has 0 radical (unpaired) electrons. The third-order valence-electron chi connectivity index (χ3n) is 3.50. The van der Waals surface area contributed by atoms with E-state index >= 15 is 0 Å². The predicted octanol–water partition coefficient (Wildman–Crippen LogP) is 0.245. The first-order chi connectivity index (χ1) is 10.5. The molecular weight excluding hydrogens is 286 g/mol. The van der Waals surface area contributed by atoms with E-state index in [1.54, 1.807) is 0 Å². The van der Waals surface area contributed by atoms with Gasteiger partial charge in [-0.25, -0.2) is 4.79 Å². The van der Waals surface area contributed by atoms with Crippen LogP contribution in [-0.2, 0) is 20.9 Å². The average molecular weight is 305 g/mol. The molecule has 1 aliphatic heterocycles. The molecule has 0 saturated carbocycles. The zero-order chi connectivity index (χ0) is 16.1. The molecule has 0 aromatic heterocycles. The van der Waals surface area contributed by atoms with Gasteiger partial charge in [-0.1, -0.05) is 30.3 Å². The standard InChI is InChI=1S/C15H19N3O4/c1-10(13(16)19)17-14(20)12-7-18(8-12)15(21)22-9-11-5-3-2-4-6-11/h2-6,10,12H,7-9H2,1H3,(H2,16,19)(H,17,20)/t10-/m0/s1. The van der Waals surface area contributed by atoms with Gasteiger partial charge in [-0.15, -0.1) is 0 Å². The van der Waals surface area contributed by atoms with E-state index in [4.69, 9.17) is 10.5 Å². The van der Waals surface area contributed by atoms with Gasteiger partial charge in [0.1, 0.15) is 12.6 Å². The fraction of sp³-hybridized carbons (Fsp3) is 0.400. The summed E-state index contributed by atoms with van der Waals surface area (Å²) in [6, 6.07) is 8.64. The number of carbonyl (C=O) groups excluding carboxylic acids is 3. The van der Waals surface area contributed by atoms with Crippen LogP contribution in [0, 0.1) is 5.92 Å². The molecule has 3 N–H and O–H groups in total. The van der Waals surface area contributed by atoms with Gasteiger partial charge in [-0.2, -0.15) is 0 Å².